The predicted octanol–water partition coefficient (Wildman–Crippen LogP) is 2.95. The van der Waals surface area contributed by atoms with Crippen LogP contribution in [0.5, 0.6) is 0 Å². The smallest absolute Gasteiger partial charge is 0.193 e. The van der Waals surface area contributed by atoms with Gasteiger partial charge in [-0.05, 0) is 29.3 Å². The monoisotopic (exact) mass is 379 g/mol. The van der Waals surface area contributed by atoms with Gasteiger partial charge in [0.1, 0.15) is 0 Å². The van der Waals surface area contributed by atoms with Crippen molar-refractivity contribution in [3.05, 3.63) is 64.7 Å². The number of rotatable bonds is 5. The van der Waals surface area contributed by atoms with E-state index in [2.05, 4.69) is 10.3 Å². The van der Waals surface area contributed by atoms with Crippen molar-refractivity contribution in [2.75, 3.05) is 20.4 Å². The van der Waals surface area contributed by atoms with E-state index in [4.69, 9.17) is 11.6 Å². The molecule has 0 aromatic heterocycles. The Labute approximate surface area is 154 Å². The highest BCUT2D eigenvalue weighted by atomic mass is 35.5. The van der Waals surface area contributed by atoms with Crippen LogP contribution >= 0.6 is 11.6 Å². The van der Waals surface area contributed by atoms with Crippen molar-refractivity contribution in [1.82, 2.24) is 10.2 Å². The Hall–Kier alpha value is -2.05. The molecule has 0 atom stereocenters. The molecule has 134 valence electrons. The van der Waals surface area contributed by atoms with Gasteiger partial charge in [0.05, 0.1) is 4.90 Å². The van der Waals surface area contributed by atoms with Crippen LogP contribution in [-0.4, -0.2) is 39.6 Å². The number of guanidine groups is 1. The minimum atomic E-state index is -3.17. The standard InChI is InChI=1S/C18H22ClN3O2S/c1-20-18(22(2)13-15-6-4-5-7-17(15)19)21-12-14-8-10-16(11-9-14)25(3,23)24/h4-11H,12-13H2,1-3H3,(H,20,21). The van der Waals surface area contributed by atoms with E-state index in [0.29, 0.717) is 18.0 Å². The molecule has 0 aliphatic heterocycles. The number of nitrogens with one attached hydrogen (secondary N) is 1. The topological polar surface area (TPSA) is 61.8 Å². The molecule has 25 heavy (non-hydrogen) atoms. The summed E-state index contributed by atoms with van der Waals surface area (Å²) in [7, 11) is 0.484. The Morgan fingerprint density at radius 3 is 2.36 bits per heavy atom. The first-order chi connectivity index (χ1) is 11.8. The number of halogens is 1. The first-order valence-corrected chi connectivity index (χ1v) is 10.0. The third-order valence-corrected chi connectivity index (χ3v) is 5.24. The van der Waals surface area contributed by atoms with Crippen LogP contribution in [0.1, 0.15) is 11.1 Å². The van der Waals surface area contributed by atoms with Gasteiger partial charge in [-0.2, -0.15) is 0 Å². The van der Waals surface area contributed by atoms with Gasteiger partial charge in [0.2, 0.25) is 0 Å². The highest BCUT2D eigenvalue weighted by Crippen LogP contribution is 2.16. The SMILES string of the molecule is CN=C(NCc1ccc(S(C)(=O)=O)cc1)N(C)Cc1ccccc1Cl. The zero-order valence-corrected chi connectivity index (χ0v) is 16.1. The fraction of sp³-hybridized carbons (Fsp3) is 0.278. The lowest BCUT2D eigenvalue weighted by atomic mass is 10.2. The Kier molecular flexibility index (Phi) is 6.45. The molecule has 0 saturated carbocycles. The van der Waals surface area contributed by atoms with Gasteiger partial charge in [0.15, 0.2) is 15.8 Å². The van der Waals surface area contributed by atoms with Crippen LogP contribution in [0.15, 0.2) is 58.4 Å². The van der Waals surface area contributed by atoms with Crippen LogP contribution in [0.3, 0.4) is 0 Å². The molecule has 0 saturated heterocycles. The molecule has 0 bridgehead atoms. The molecule has 0 amide bonds. The number of hydrogen-bond donors (Lipinski definition) is 1. The number of hydrogen-bond acceptors (Lipinski definition) is 3. The third kappa shape index (κ3) is 5.47. The van der Waals surface area contributed by atoms with Crippen molar-refractivity contribution in [3.8, 4) is 0 Å². The van der Waals surface area contributed by atoms with Gasteiger partial charge in [0.25, 0.3) is 0 Å². The van der Waals surface area contributed by atoms with Crippen LogP contribution in [0.25, 0.3) is 0 Å². The van der Waals surface area contributed by atoms with Gasteiger partial charge >= 0.3 is 0 Å². The molecular formula is C18H22ClN3O2S. The molecule has 2 rings (SSSR count). The highest BCUT2D eigenvalue weighted by Gasteiger charge is 2.10. The van der Waals surface area contributed by atoms with E-state index in [9.17, 15) is 8.42 Å². The average Bonchev–Trinajstić information content (AvgIpc) is 2.57. The summed E-state index contributed by atoms with van der Waals surface area (Å²) in [6, 6.07) is 14.5. The van der Waals surface area contributed by atoms with E-state index in [1.807, 2.05) is 36.2 Å². The van der Waals surface area contributed by atoms with Crippen LogP contribution in [-0.2, 0) is 22.9 Å². The second kappa shape index (κ2) is 8.36. The van der Waals surface area contributed by atoms with Gasteiger partial charge in [-0.15, -0.1) is 0 Å². The number of aliphatic imine (C=N–C) groups is 1. The molecule has 5 nitrogen and oxygen atoms in total. The fourth-order valence-corrected chi connectivity index (χ4v) is 3.20. The zero-order chi connectivity index (χ0) is 18.4. The quantitative estimate of drug-likeness (QED) is 0.641. The molecule has 2 aromatic rings. The lowest BCUT2D eigenvalue weighted by Crippen LogP contribution is -2.38. The van der Waals surface area contributed by atoms with Crippen LogP contribution in [0.2, 0.25) is 5.02 Å². The highest BCUT2D eigenvalue weighted by molar-refractivity contribution is 7.90. The van der Waals surface area contributed by atoms with Gasteiger partial charge in [0, 0.05) is 38.5 Å². The average molecular weight is 380 g/mol. The number of nitrogens with zero attached hydrogens (tertiary/aromatic N) is 2. The molecule has 1 N–H and O–H groups in total. The van der Waals surface area contributed by atoms with E-state index in [1.54, 1.807) is 31.3 Å². The third-order valence-electron chi connectivity index (χ3n) is 3.74. The molecular weight excluding hydrogens is 358 g/mol. The molecule has 0 aliphatic carbocycles. The molecule has 0 unspecified atom stereocenters. The van der Waals surface area contributed by atoms with E-state index in [1.165, 1.54) is 6.26 Å². The minimum absolute atomic E-state index is 0.316. The van der Waals surface area contributed by atoms with Gasteiger partial charge in [-0.3, -0.25) is 4.99 Å². The number of sulfone groups is 1. The zero-order valence-electron chi connectivity index (χ0n) is 14.5. The molecule has 0 aliphatic rings. The van der Waals surface area contributed by atoms with Gasteiger partial charge in [-0.1, -0.05) is 41.9 Å². The summed E-state index contributed by atoms with van der Waals surface area (Å²) in [5.74, 6) is 0.729. The van der Waals surface area contributed by atoms with E-state index in [-0.39, 0.29) is 0 Å². The van der Waals surface area contributed by atoms with Crippen LogP contribution in [0.4, 0.5) is 0 Å². The summed E-state index contributed by atoms with van der Waals surface area (Å²) < 4.78 is 23.0. The van der Waals surface area contributed by atoms with E-state index < -0.39 is 9.84 Å². The molecule has 2 aromatic carbocycles. The maximum absolute atomic E-state index is 11.5. The van der Waals surface area contributed by atoms with Gasteiger partial charge in [-0.25, -0.2) is 8.42 Å². The van der Waals surface area contributed by atoms with Crippen LogP contribution < -0.4 is 5.32 Å². The summed E-state index contributed by atoms with van der Waals surface area (Å²) in [4.78, 5) is 6.57. The summed E-state index contributed by atoms with van der Waals surface area (Å²) in [6.07, 6.45) is 1.20. The Balaban J connectivity index is 1.99. The molecule has 0 fully saturated rings. The Bertz CT molecular complexity index is 849. The van der Waals surface area contributed by atoms with E-state index in [0.717, 1.165) is 22.1 Å². The predicted molar refractivity (Wildman–Crippen MR) is 103 cm³/mol. The van der Waals surface area contributed by atoms with Crippen molar-refractivity contribution in [2.24, 2.45) is 4.99 Å². The van der Waals surface area contributed by atoms with Crippen molar-refractivity contribution < 1.29 is 8.42 Å². The lowest BCUT2D eigenvalue weighted by molar-refractivity contribution is 0.476. The first-order valence-electron chi connectivity index (χ1n) is 7.75. The number of benzene rings is 2. The van der Waals surface area contributed by atoms with E-state index >= 15 is 0 Å². The van der Waals surface area contributed by atoms with Crippen molar-refractivity contribution in [2.45, 2.75) is 18.0 Å². The van der Waals surface area contributed by atoms with Crippen molar-refractivity contribution in [1.29, 1.82) is 0 Å². The first kappa shape index (κ1) is 19.3. The molecule has 0 spiro atoms. The molecule has 0 radical (unpaired) electrons. The Morgan fingerprint density at radius 2 is 1.80 bits per heavy atom. The maximum Gasteiger partial charge on any atom is 0.193 e. The summed E-state index contributed by atoms with van der Waals surface area (Å²) >= 11 is 6.20. The van der Waals surface area contributed by atoms with Crippen molar-refractivity contribution >= 4 is 27.4 Å². The second-order valence-corrected chi connectivity index (χ2v) is 8.19. The molecule has 0 heterocycles. The van der Waals surface area contributed by atoms with Crippen LogP contribution in [0, 0.1) is 0 Å². The van der Waals surface area contributed by atoms with Gasteiger partial charge < -0.3 is 10.2 Å². The normalized spacial score (nSPS) is 12.1. The second-order valence-electron chi connectivity index (χ2n) is 5.76. The largest absolute Gasteiger partial charge is 0.352 e. The molecule has 7 heteroatoms. The Morgan fingerprint density at radius 1 is 1.16 bits per heavy atom. The lowest BCUT2D eigenvalue weighted by Gasteiger charge is -2.22. The fourth-order valence-electron chi connectivity index (χ4n) is 2.38. The minimum Gasteiger partial charge on any atom is -0.352 e. The maximum atomic E-state index is 11.5. The summed E-state index contributed by atoms with van der Waals surface area (Å²) in [5.41, 5.74) is 1.99. The summed E-state index contributed by atoms with van der Waals surface area (Å²) in [6.45, 7) is 1.18. The summed E-state index contributed by atoms with van der Waals surface area (Å²) in [5, 5.41) is 3.99. The van der Waals surface area contributed by atoms with Crippen molar-refractivity contribution in [3.63, 3.8) is 0 Å².